The summed E-state index contributed by atoms with van der Waals surface area (Å²) in [4.78, 5) is 19.7. The molecule has 0 spiro atoms. The van der Waals surface area contributed by atoms with Crippen molar-refractivity contribution in [2.45, 2.75) is 19.6 Å². The number of fused-ring (bicyclic) bond motifs is 1. The molecule has 4 rings (SSSR count). The van der Waals surface area contributed by atoms with Gasteiger partial charge in [-0.3, -0.25) is 4.98 Å². The molecule has 0 bridgehead atoms. The van der Waals surface area contributed by atoms with Crippen LogP contribution in [0, 0.1) is 6.92 Å². The standard InChI is InChI=1S/C22H15ClF3N3O2/c1-12-28-18-6-5-14(13-3-2-4-15(7-13)21(30)31)8-20(18)29(12)11-19-17(23)9-16(10-27-19)22(24,25)26/h2-10H,11H2,1H3,(H,30,31). The average molecular weight is 446 g/mol. The van der Waals surface area contributed by atoms with E-state index in [-0.39, 0.29) is 22.8 Å². The molecule has 4 aromatic rings. The molecule has 0 aliphatic rings. The van der Waals surface area contributed by atoms with Gasteiger partial charge in [-0.05, 0) is 48.4 Å². The maximum atomic E-state index is 12.9. The van der Waals surface area contributed by atoms with Crippen LogP contribution in [0.1, 0.15) is 27.4 Å². The van der Waals surface area contributed by atoms with Gasteiger partial charge in [-0.25, -0.2) is 9.78 Å². The molecule has 158 valence electrons. The Morgan fingerprint density at radius 2 is 1.87 bits per heavy atom. The minimum absolute atomic E-state index is 0.0820. The third kappa shape index (κ3) is 4.11. The number of hydrogen-bond acceptors (Lipinski definition) is 3. The lowest BCUT2D eigenvalue weighted by atomic mass is 10.0. The van der Waals surface area contributed by atoms with E-state index in [4.69, 9.17) is 11.6 Å². The summed E-state index contributed by atoms with van der Waals surface area (Å²) in [5.41, 5.74) is 2.47. The van der Waals surface area contributed by atoms with Crippen molar-refractivity contribution in [1.82, 2.24) is 14.5 Å². The first kappa shape index (κ1) is 20.9. The van der Waals surface area contributed by atoms with Crippen LogP contribution in [-0.4, -0.2) is 25.6 Å². The number of aromatic nitrogens is 3. The van der Waals surface area contributed by atoms with Gasteiger partial charge in [0.05, 0.1) is 39.4 Å². The summed E-state index contributed by atoms with van der Waals surface area (Å²) in [6, 6.07) is 12.9. The van der Waals surface area contributed by atoms with Crippen molar-refractivity contribution in [3.63, 3.8) is 0 Å². The first-order valence-electron chi connectivity index (χ1n) is 9.16. The minimum Gasteiger partial charge on any atom is -0.478 e. The molecule has 2 aromatic carbocycles. The predicted octanol–water partition coefficient (Wildman–Crippen LogP) is 5.83. The number of aryl methyl sites for hydroxylation is 1. The van der Waals surface area contributed by atoms with E-state index < -0.39 is 17.7 Å². The Labute approximate surface area is 179 Å². The molecule has 0 aliphatic carbocycles. The molecule has 0 fully saturated rings. The molecule has 5 nitrogen and oxygen atoms in total. The predicted molar refractivity (Wildman–Crippen MR) is 110 cm³/mol. The summed E-state index contributed by atoms with van der Waals surface area (Å²) in [7, 11) is 0. The Balaban J connectivity index is 1.76. The normalized spacial score (nSPS) is 11.8. The molecule has 2 aromatic heterocycles. The largest absolute Gasteiger partial charge is 0.478 e. The van der Waals surface area contributed by atoms with Crippen LogP contribution in [0.5, 0.6) is 0 Å². The number of carbonyl (C=O) groups is 1. The maximum Gasteiger partial charge on any atom is 0.417 e. The van der Waals surface area contributed by atoms with Crippen LogP contribution in [0.15, 0.2) is 54.7 Å². The zero-order valence-electron chi connectivity index (χ0n) is 16.1. The Kier molecular flexibility index (Phi) is 5.18. The molecule has 0 unspecified atom stereocenters. The molecule has 0 radical (unpaired) electrons. The van der Waals surface area contributed by atoms with Gasteiger partial charge in [-0.2, -0.15) is 13.2 Å². The number of imidazole rings is 1. The van der Waals surface area contributed by atoms with E-state index >= 15 is 0 Å². The van der Waals surface area contributed by atoms with Gasteiger partial charge >= 0.3 is 12.1 Å². The Morgan fingerprint density at radius 3 is 2.55 bits per heavy atom. The van der Waals surface area contributed by atoms with Gasteiger partial charge in [0, 0.05) is 6.20 Å². The highest BCUT2D eigenvalue weighted by molar-refractivity contribution is 6.31. The number of rotatable bonds is 4. The second-order valence-corrected chi connectivity index (χ2v) is 7.39. The van der Waals surface area contributed by atoms with Crippen molar-refractivity contribution < 1.29 is 23.1 Å². The molecule has 0 aliphatic heterocycles. The lowest BCUT2D eigenvalue weighted by molar-refractivity contribution is -0.137. The van der Waals surface area contributed by atoms with Gasteiger partial charge in [0.2, 0.25) is 0 Å². The van der Waals surface area contributed by atoms with Gasteiger partial charge in [-0.1, -0.05) is 29.8 Å². The molecule has 31 heavy (non-hydrogen) atoms. The summed E-state index contributed by atoms with van der Waals surface area (Å²) in [6.07, 6.45) is -3.76. The average Bonchev–Trinajstić information content (AvgIpc) is 3.03. The zero-order chi connectivity index (χ0) is 22.3. The van der Waals surface area contributed by atoms with Gasteiger partial charge in [0.1, 0.15) is 5.82 Å². The topological polar surface area (TPSA) is 68.0 Å². The summed E-state index contributed by atoms with van der Waals surface area (Å²) in [5.74, 6) is -0.379. The fourth-order valence-electron chi connectivity index (χ4n) is 3.34. The quantitative estimate of drug-likeness (QED) is 0.429. The van der Waals surface area contributed by atoms with Crippen molar-refractivity contribution >= 4 is 28.6 Å². The van der Waals surface area contributed by atoms with Crippen molar-refractivity contribution in [2.75, 3.05) is 0 Å². The van der Waals surface area contributed by atoms with Crippen LogP contribution in [0.4, 0.5) is 13.2 Å². The number of nitrogens with zero attached hydrogens (tertiary/aromatic N) is 3. The van der Waals surface area contributed by atoms with Crippen LogP contribution < -0.4 is 0 Å². The monoisotopic (exact) mass is 445 g/mol. The van der Waals surface area contributed by atoms with E-state index in [2.05, 4.69) is 9.97 Å². The molecule has 1 N–H and O–H groups in total. The molecule has 9 heteroatoms. The summed E-state index contributed by atoms with van der Waals surface area (Å²) >= 11 is 6.08. The minimum atomic E-state index is -4.52. The fourth-order valence-corrected chi connectivity index (χ4v) is 3.57. The molecule has 0 amide bonds. The molecular formula is C22H15ClF3N3O2. The molecule has 0 saturated carbocycles. The van der Waals surface area contributed by atoms with Crippen molar-refractivity contribution in [3.05, 3.63) is 82.4 Å². The van der Waals surface area contributed by atoms with Gasteiger partial charge < -0.3 is 9.67 Å². The van der Waals surface area contributed by atoms with Crippen molar-refractivity contribution in [2.24, 2.45) is 0 Å². The number of carboxylic acid groups (broad SMARTS) is 1. The van der Waals surface area contributed by atoms with Crippen LogP contribution in [0.3, 0.4) is 0 Å². The second-order valence-electron chi connectivity index (χ2n) is 6.98. The van der Waals surface area contributed by atoms with E-state index in [1.807, 2.05) is 18.2 Å². The highest BCUT2D eigenvalue weighted by atomic mass is 35.5. The third-order valence-corrected chi connectivity index (χ3v) is 5.26. The lowest BCUT2D eigenvalue weighted by Gasteiger charge is -2.11. The maximum absolute atomic E-state index is 12.9. The molecule has 2 heterocycles. The molecular weight excluding hydrogens is 431 g/mol. The first-order chi connectivity index (χ1) is 14.6. The highest BCUT2D eigenvalue weighted by Gasteiger charge is 2.31. The number of hydrogen-bond donors (Lipinski definition) is 1. The number of benzene rings is 2. The first-order valence-corrected chi connectivity index (χ1v) is 9.53. The third-order valence-electron chi connectivity index (χ3n) is 4.93. The van der Waals surface area contributed by atoms with Crippen LogP contribution in [-0.2, 0) is 12.7 Å². The Bertz CT molecular complexity index is 1320. The number of halogens is 4. The van der Waals surface area contributed by atoms with E-state index in [0.29, 0.717) is 11.3 Å². The second kappa shape index (κ2) is 7.70. The van der Waals surface area contributed by atoms with Crippen LogP contribution in [0.2, 0.25) is 5.02 Å². The number of alkyl halides is 3. The molecule has 0 atom stereocenters. The van der Waals surface area contributed by atoms with Gasteiger partial charge in [-0.15, -0.1) is 0 Å². The lowest BCUT2D eigenvalue weighted by Crippen LogP contribution is -2.09. The summed E-state index contributed by atoms with van der Waals surface area (Å²) in [5, 5.41) is 9.15. The summed E-state index contributed by atoms with van der Waals surface area (Å²) in [6.45, 7) is 1.92. The smallest absolute Gasteiger partial charge is 0.417 e. The Hall–Kier alpha value is -3.39. The fraction of sp³-hybridized carbons (Fsp3) is 0.136. The van der Waals surface area contributed by atoms with E-state index in [9.17, 15) is 23.1 Å². The SMILES string of the molecule is Cc1nc2ccc(-c3cccc(C(=O)O)c3)cc2n1Cc1ncc(C(F)(F)F)cc1Cl. The Morgan fingerprint density at radius 1 is 1.13 bits per heavy atom. The van der Waals surface area contributed by atoms with Gasteiger partial charge in [0.25, 0.3) is 0 Å². The number of carboxylic acids is 1. The van der Waals surface area contributed by atoms with Gasteiger partial charge in [0.15, 0.2) is 0 Å². The van der Waals surface area contributed by atoms with Crippen molar-refractivity contribution in [3.8, 4) is 11.1 Å². The van der Waals surface area contributed by atoms with Crippen LogP contribution in [0.25, 0.3) is 22.2 Å². The zero-order valence-corrected chi connectivity index (χ0v) is 16.9. The molecule has 0 saturated heterocycles. The van der Waals surface area contributed by atoms with Crippen LogP contribution >= 0.6 is 11.6 Å². The number of pyridine rings is 1. The van der Waals surface area contributed by atoms with E-state index in [1.165, 1.54) is 6.07 Å². The van der Waals surface area contributed by atoms with E-state index in [1.54, 1.807) is 29.7 Å². The van der Waals surface area contributed by atoms with Crippen molar-refractivity contribution in [1.29, 1.82) is 0 Å². The summed E-state index contributed by atoms with van der Waals surface area (Å²) < 4.78 is 40.5. The number of aromatic carboxylic acids is 1. The van der Waals surface area contributed by atoms with E-state index in [0.717, 1.165) is 28.9 Å². The highest BCUT2D eigenvalue weighted by Crippen LogP contribution is 2.32.